The maximum Gasteiger partial charge on any atom is 0.0842 e. The van der Waals surface area contributed by atoms with Crippen molar-refractivity contribution in [3.8, 4) is 0 Å². The molecule has 1 aliphatic rings. The van der Waals surface area contributed by atoms with E-state index < -0.39 is 11.4 Å². The number of morpholine rings is 1. The van der Waals surface area contributed by atoms with E-state index in [1.54, 1.807) is 0 Å². The van der Waals surface area contributed by atoms with Gasteiger partial charge in [-0.25, -0.2) is 4.21 Å². The zero-order chi connectivity index (χ0) is 8.81. The van der Waals surface area contributed by atoms with Gasteiger partial charge in [-0.15, -0.1) is 0 Å². The number of rotatable bonds is 4. The Hall–Kier alpha value is -0.0100. The summed E-state index contributed by atoms with van der Waals surface area (Å²) < 4.78 is 29.5. The van der Waals surface area contributed by atoms with Gasteiger partial charge in [0, 0.05) is 19.6 Å². The average Bonchev–Trinajstić information content (AvgIpc) is 2.05. The Labute approximate surface area is 74.1 Å². The molecule has 72 valence electrons. The fourth-order valence-electron chi connectivity index (χ4n) is 1.06. The molecule has 5 nitrogen and oxygen atoms in total. The first-order chi connectivity index (χ1) is 5.79. The highest BCUT2D eigenvalue weighted by atomic mass is 32.2. The van der Waals surface area contributed by atoms with Crippen LogP contribution in [0.5, 0.6) is 0 Å². The van der Waals surface area contributed by atoms with Gasteiger partial charge in [-0.05, 0) is 0 Å². The Kier molecular flexibility index (Phi) is 4.70. The highest BCUT2D eigenvalue weighted by Crippen LogP contribution is 1.95. The van der Waals surface area contributed by atoms with Crippen molar-refractivity contribution in [2.75, 3.05) is 39.5 Å². The minimum atomic E-state index is -2.38. The lowest BCUT2D eigenvalue weighted by Gasteiger charge is -2.26. The Morgan fingerprint density at radius 3 is 2.75 bits per heavy atom. The van der Waals surface area contributed by atoms with Crippen LogP contribution >= 0.6 is 0 Å². The normalized spacial score (nSPS) is 22.4. The molecule has 1 heterocycles. The number of ether oxygens (including phenoxy) is 1. The monoisotopic (exact) mass is 194 g/mol. The molecule has 0 amide bonds. The summed E-state index contributed by atoms with van der Waals surface area (Å²) in [4.78, 5) is 2.11. The maximum atomic E-state index is 9.98. The Morgan fingerprint density at radius 1 is 1.50 bits per heavy atom. The van der Waals surface area contributed by atoms with Crippen LogP contribution in [0.2, 0.25) is 0 Å². The van der Waals surface area contributed by atoms with E-state index in [0.717, 1.165) is 26.3 Å². The van der Waals surface area contributed by atoms with Gasteiger partial charge in [0.05, 0.1) is 31.2 Å². The number of hydrogen-bond acceptors (Lipinski definition) is 5. The van der Waals surface area contributed by atoms with Gasteiger partial charge in [-0.3, -0.25) is 9.08 Å². The molecule has 0 bridgehead atoms. The minimum absolute atomic E-state index is 0.232. The topological polar surface area (TPSA) is 61.8 Å². The second kappa shape index (κ2) is 5.60. The van der Waals surface area contributed by atoms with Crippen molar-refractivity contribution < 1.29 is 17.7 Å². The summed E-state index contributed by atoms with van der Waals surface area (Å²) in [5, 5.41) is 0. The number of nitrogens with zero attached hydrogens (tertiary/aromatic N) is 1. The Balaban J connectivity index is 2.01. The smallest absolute Gasteiger partial charge is 0.0842 e. The third-order valence-corrected chi connectivity index (χ3v) is 2.05. The van der Waals surface area contributed by atoms with Crippen LogP contribution < -0.4 is 0 Å². The molecule has 0 radical (unpaired) electrons. The van der Waals surface area contributed by atoms with Crippen molar-refractivity contribution in [1.82, 2.24) is 4.90 Å². The molecule has 1 saturated heterocycles. The molecule has 1 atom stereocenters. The van der Waals surface area contributed by atoms with Crippen LogP contribution in [0.15, 0.2) is 0 Å². The van der Waals surface area contributed by atoms with Gasteiger partial charge in [-0.2, -0.15) is 0 Å². The molecule has 0 aromatic carbocycles. The van der Waals surface area contributed by atoms with Gasteiger partial charge < -0.3 is 9.29 Å². The van der Waals surface area contributed by atoms with Crippen LogP contribution in [0.4, 0.5) is 0 Å². The van der Waals surface area contributed by atoms with Crippen LogP contribution in [0.1, 0.15) is 0 Å². The molecular formula is C6H12NO4S-. The van der Waals surface area contributed by atoms with Crippen LogP contribution in [-0.4, -0.2) is 53.1 Å². The quantitative estimate of drug-likeness (QED) is 0.544. The third-order valence-electron chi connectivity index (χ3n) is 1.69. The van der Waals surface area contributed by atoms with Gasteiger partial charge >= 0.3 is 0 Å². The zero-order valence-electron chi connectivity index (χ0n) is 6.73. The second-order valence-electron chi connectivity index (χ2n) is 2.48. The summed E-state index contributed by atoms with van der Waals surface area (Å²) in [6, 6.07) is 0. The van der Waals surface area contributed by atoms with E-state index in [1.165, 1.54) is 0 Å². The van der Waals surface area contributed by atoms with Crippen molar-refractivity contribution in [3.05, 3.63) is 0 Å². The molecule has 1 unspecified atom stereocenters. The largest absolute Gasteiger partial charge is 0.750 e. The van der Waals surface area contributed by atoms with Gasteiger partial charge in [0.25, 0.3) is 0 Å². The van der Waals surface area contributed by atoms with Gasteiger partial charge in [0.2, 0.25) is 0 Å². The molecule has 1 rings (SSSR count). The van der Waals surface area contributed by atoms with Crippen molar-refractivity contribution in [1.29, 1.82) is 0 Å². The molecule has 12 heavy (non-hydrogen) atoms. The second-order valence-corrected chi connectivity index (χ2v) is 3.12. The average molecular weight is 194 g/mol. The number of hydrogen-bond donors (Lipinski definition) is 0. The standard InChI is InChI=1S/C6H13NO4S/c8-12(9)11-6-3-7-1-4-10-5-2-7/h1-6H2,(H,8,9)/p-1. The van der Waals surface area contributed by atoms with E-state index in [2.05, 4.69) is 9.08 Å². The van der Waals surface area contributed by atoms with E-state index in [4.69, 9.17) is 4.74 Å². The van der Waals surface area contributed by atoms with Crippen molar-refractivity contribution in [2.45, 2.75) is 0 Å². The first-order valence-corrected chi connectivity index (χ1v) is 4.81. The highest BCUT2D eigenvalue weighted by Gasteiger charge is 2.08. The Bertz CT molecular complexity index is 148. The Morgan fingerprint density at radius 2 is 2.17 bits per heavy atom. The fraction of sp³-hybridized carbons (Fsp3) is 1.00. The van der Waals surface area contributed by atoms with Gasteiger partial charge in [0.1, 0.15) is 0 Å². The summed E-state index contributed by atoms with van der Waals surface area (Å²) in [6.07, 6.45) is 0. The third kappa shape index (κ3) is 4.13. The molecule has 0 aromatic heterocycles. The van der Waals surface area contributed by atoms with Crippen molar-refractivity contribution in [3.63, 3.8) is 0 Å². The molecule has 1 aliphatic heterocycles. The highest BCUT2D eigenvalue weighted by molar-refractivity contribution is 7.74. The predicted octanol–water partition coefficient (Wildman–Crippen LogP) is -0.871. The molecule has 0 aromatic rings. The van der Waals surface area contributed by atoms with Crippen LogP contribution in [0, 0.1) is 0 Å². The summed E-state index contributed by atoms with van der Waals surface area (Å²) in [5.74, 6) is 0. The molecule has 0 spiro atoms. The first kappa shape index (κ1) is 10.1. The molecule has 6 heteroatoms. The van der Waals surface area contributed by atoms with Crippen molar-refractivity contribution in [2.24, 2.45) is 0 Å². The summed E-state index contributed by atoms with van der Waals surface area (Å²) in [7, 11) is 0. The van der Waals surface area contributed by atoms with E-state index in [9.17, 15) is 8.76 Å². The molecule has 0 N–H and O–H groups in total. The summed E-state index contributed by atoms with van der Waals surface area (Å²) in [6.45, 7) is 4.04. The predicted molar refractivity (Wildman–Crippen MR) is 42.1 cm³/mol. The van der Waals surface area contributed by atoms with Gasteiger partial charge in [-0.1, -0.05) is 0 Å². The van der Waals surface area contributed by atoms with Crippen LogP contribution in [0.25, 0.3) is 0 Å². The molecule has 0 saturated carbocycles. The van der Waals surface area contributed by atoms with E-state index >= 15 is 0 Å². The van der Waals surface area contributed by atoms with Crippen molar-refractivity contribution >= 4 is 11.4 Å². The first-order valence-electron chi connectivity index (χ1n) is 3.81. The lowest BCUT2D eigenvalue weighted by molar-refractivity contribution is 0.0325. The molecule has 1 fully saturated rings. The van der Waals surface area contributed by atoms with Crippen LogP contribution in [-0.2, 0) is 20.3 Å². The van der Waals surface area contributed by atoms with E-state index in [0.29, 0.717) is 6.54 Å². The van der Waals surface area contributed by atoms with E-state index in [-0.39, 0.29) is 6.61 Å². The fourth-order valence-corrected chi connectivity index (χ4v) is 1.27. The lowest BCUT2D eigenvalue weighted by Crippen LogP contribution is -2.38. The molecular weight excluding hydrogens is 182 g/mol. The van der Waals surface area contributed by atoms with Crippen LogP contribution in [0.3, 0.4) is 0 Å². The maximum absolute atomic E-state index is 9.98. The summed E-state index contributed by atoms with van der Waals surface area (Å²) >= 11 is -2.38. The summed E-state index contributed by atoms with van der Waals surface area (Å²) in [5.41, 5.74) is 0. The lowest BCUT2D eigenvalue weighted by atomic mass is 10.4. The molecule has 0 aliphatic carbocycles. The minimum Gasteiger partial charge on any atom is -0.750 e. The SMILES string of the molecule is O=S([O-])OCCN1CCOCC1. The van der Waals surface area contributed by atoms with Gasteiger partial charge in [0.15, 0.2) is 0 Å². The zero-order valence-corrected chi connectivity index (χ0v) is 7.55. The van der Waals surface area contributed by atoms with E-state index in [1.807, 2.05) is 0 Å².